The van der Waals surface area contributed by atoms with Crippen LogP contribution in [0.5, 0.6) is 0 Å². The molecular weight excluding hydrogens is 274 g/mol. The van der Waals surface area contributed by atoms with Gasteiger partial charge in [0.2, 0.25) is 0 Å². The molecule has 0 unspecified atom stereocenters. The van der Waals surface area contributed by atoms with Gasteiger partial charge >= 0.3 is 0 Å². The monoisotopic (exact) mass is 297 g/mol. The van der Waals surface area contributed by atoms with Crippen molar-refractivity contribution in [3.63, 3.8) is 0 Å². The molecule has 0 aromatic carbocycles. The first kappa shape index (κ1) is 14.8. The van der Waals surface area contributed by atoms with Crippen LogP contribution in [-0.2, 0) is 13.5 Å². The van der Waals surface area contributed by atoms with Crippen molar-refractivity contribution in [1.29, 1.82) is 0 Å². The second-order valence-electron chi connectivity index (χ2n) is 6.28. The molecular formula is C18H23N3O. The third-order valence-corrected chi connectivity index (χ3v) is 4.47. The van der Waals surface area contributed by atoms with Gasteiger partial charge in [-0.2, -0.15) is 0 Å². The lowest BCUT2D eigenvalue weighted by Crippen LogP contribution is -2.41. The molecule has 4 heteroatoms. The number of hydrogen-bond donors (Lipinski definition) is 0. The zero-order valence-corrected chi connectivity index (χ0v) is 13.3. The van der Waals surface area contributed by atoms with Crippen LogP contribution in [0.15, 0.2) is 36.7 Å². The number of pyridine rings is 1. The maximum atomic E-state index is 12.6. The molecule has 1 amide bonds. The molecule has 1 atom stereocenters. The Morgan fingerprint density at radius 1 is 1.36 bits per heavy atom. The fourth-order valence-electron chi connectivity index (χ4n) is 3.21. The number of hydrogen-bond acceptors (Lipinski definition) is 2. The van der Waals surface area contributed by atoms with E-state index >= 15 is 0 Å². The quantitative estimate of drug-likeness (QED) is 0.873. The Kier molecular flexibility index (Phi) is 4.27. The molecule has 2 aromatic rings. The van der Waals surface area contributed by atoms with E-state index in [1.54, 1.807) is 0 Å². The smallest absolute Gasteiger partial charge is 0.270 e. The molecule has 0 spiro atoms. The number of carbonyl (C=O) groups excluding carboxylic acids is 1. The molecule has 0 saturated carbocycles. The Bertz CT molecular complexity index is 645. The normalized spacial score (nSPS) is 18.5. The molecule has 1 aliphatic heterocycles. The molecule has 4 nitrogen and oxygen atoms in total. The van der Waals surface area contributed by atoms with Gasteiger partial charge in [-0.05, 0) is 55.9 Å². The van der Waals surface area contributed by atoms with Crippen LogP contribution in [0, 0.1) is 12.8 Å². The minimum Gasteiger partial charge on any atom is -0.347 e. The van der Waals surface area contributed by atoms with E-state index in [1.165, 1.54) is 12.0 Å². The molecule has 2 aromatic heterocycles. The maximum Gasteiger partial charge on any atom is 0.270 e. The van der Waals surface area contributed by atoms with E-state index < -0.39 is 0 Å². The third kappa shape index (κ3) is 3.21. The average molecular weight is 297 g/mol. The molecule has 1 fully saturated rings. The Morgan fingerprint density at radius 2 is 2.23 bits per heavy atom. The van der Waals surface area contributed by atoms with Crippen LogP contribution in [0.2, 0.25) is 0 Å². The van der Waals surface area contributed by atoms with E-state index in [-0.39, 0.29) is 5.91 Å². The lowest BCUT2D eigenvalue weighted by atomic mass is 9.91. The molecule has 116 valence electrons. The van der Waals surface area contributed by atoms with Gasteiger partial charge in [-0.15, -0.1) is 0 Å². The van der Waals surface area contributed by atoms with E-state index in [4.69, 9.17) is 0 Å². The van der Waals surface area contributed by atoms with E-state index in [0.717, 1.165) is 37.3 Å². The van der Waals surface area contributed by atoms with E-state index in [9.17, 15) is 4.79 Å². The minimum absolute atomic E-state index is 0.152. The van der Waals surface area contributed by atoms with E-state index in [2.05, 4.69) is 17.1 Å². The summed E-state index contributed by atoms with van der Waals surface area (Å²) in [7, 11) is 1.92. The number of amides is 1. The summed E-state index contributed by atoms with van der Waals surface area (Å²) in [6.07, 6.45) is 7.16. The summed E-state index contributed by atoms with van der Waals surface area (Å²) in [5, 5.41) is 0. The first-order chi connectivity index (χ1) is 10.6. The average Bonchev–Trinajstić information content (AvgIpc) is 2.95. The fraction of sp³-hybridized carbons (Fsp3) is 0.444. The minimum atomic E-state index is 0.152. The number of likely N-dealkylation sites (tertiary alicyclic amines) is 1. The van der Waals surface area contributed by atoms with Crippen LogP contribution in [-0.4, -0.2) is 33.4 Å². The highest BCUT2D eigenvalue weighted by Gasteiger charge is 2.25. The van der Waals surface area contributed by atoms with Crippen LogP contribution in [0.3, 0.4) is 0 Å². The van der Waals surface area contributed by atoms with Gasteiger partial charge in [-0.3, -0.25) is 9.78 Å². The number of carbonyl (C=O) groups is 1. The highest BCUT2D eigenvalue weighted by Crippen LogP contribution is 2.22. The van der Waals surface area contributed by atoms with Gasteiger partial charge in [0, 0.05) is 38.2 Å². The van der Waals surface area contributed by atoms with Crippen LogP contribution in [0.1, 0.15) is 34.6 Å². The Labute approximate surface area is 131 Å². The molecule has 0 radical (unpaired) electrons. The van der Waals surface area contributed by atoms with Gasteiger partial charge in [0.1, 0.15) is 5.69 Å². The second-order valence-corrected chi connectivity index (χ2v) is 6.28. The van der Waals surface area contributed by atoms with E-state index in [0.29, 0.717) is 5.92 Å². The molecule has 22 heavy (non-hydrogen) atoms. The molecule has 3 heterocycles. The lowest BCUT2D eigenvalue weighted by molar-refractivity contribution is 0.0663. The van der Waals surface area contributed by atoms with Crippen molar-refractivity contribution >= 4 is 5.91 Å². The van der Waals surface area contributed by atoms with Crippen molar-refractivity contribution < 1.29 is 4.79 Å². The van der Waals surface area contributed by atoms with Gasteiger partial charge < -0.3 is 9.47 Å². The van der Waals surface area contributed by atoms with Crippen molar-refractivity contribution in [2.75, 3.05) is 13.1 Å². The largest absolute Gasteiger partial charge is 0.347 e. The predicted molar refractivity (Wildman–Crippen MR) is 86.7 cm³/mol. The number of rotatable bonds is 3. The highest BCUT2D eigenvalue weighted by molar-refractivity contribution is 5.92. The van der Waals surface area contributed by atoms with Crippen molar-refractivity contribution in [2.45, 2.75) is 26.2 Å². The number of aryl methyl sites for hydroxylation is 2. The van der Waals surface area contributed by atoms with Crippen LogP contribution in [0.25, 0.3) is 0 Å². The molecule has 1 saturated heterocycles. The zero-order valence-electron chi connectivity index (χ0n) is 13.3. The second kappa shape index (κ2) is 6.34. The van der Waals surface area contributed by atoms with Gasteiger partial charge in [0.15, 0.2) is 0 Å². The third-order valence-electron chi connectivity index (χ3n) is 4.47. The summed E-state index contributed by atoms with van der Waals surface area (Å²) in [6.45, 7) is 3.72. The van der Waals surface area contributed by atoms with Crippen LogP contribution < -0.4 is 0 Å². The Balaban J connectivity index is 1.65. The van der Waals surface area contributed by atoms with Crippen LogP contribution >= 0.6 is 0 Å². The van der Waals surface area contributed by atoms with Crippen molar-refractivity contribution in [3.05, 3.63) is 53.6 Å². The molecule has 0 bridgehead atoms. The standard InChI is InChI=1S/C18H23N3O/c1-14-7-8-15(12-19-14)11-16-5-3-10-21(13-16)18(22)17-6-4-9-20(17)2/h4,6-9,12,16H,3,5,10-11,13H2,1-2H3/t16-/m1/s1. The summed E-state index contributed by atoms with van der Waals surface area (Å²) in [5.41, 5.74) is 3.09. The van der Waals surface area contributed by atoms with E-state index in [1.807, 2.05) is 48.0 Å². The maximum absolute atomic E-state index is 12.6. The lowest BCUT2D eigenvalue weighted by Gasteiger charge is -2.33. The van der Waals surface area contributed by atoms with Crippen molar-refractivity contribution in [3.8, 4) is 0 Å². The molecule has 0 aliphatic carbocycles. The van der Waals surface area contributed by atoms with Gasteiger partial charge in [0.05, 0.1) is 0 Å². The zero-order chi connectivity index (χ0) is 15.5. The molecule has 0 N–H and O–H groups in total. The highest BCUT2D eigenvalue weighted by atomic mass is 16.2. The van der Waals surface area contributed by atoms with Gasteiger partial charge in [-0.25, -0.2) is 0 Å². The van der Waals surface area contributed by atoms with Crippen molar-refractivity contribution in [1.82, 2.24) is 14.5 Å². The number of aromatic nitrogens is 2. The van der Waals surface area contributed by atoms with Gasteiger partial charge in [-0.1, -0.05) is 6.07 Å². The summed E-state index contributed by atoms with van der Waals surface area (Å²) < 4.78 is 1.90. The first-order valence-corrected chi connectivity index (χ1v) is 7.95. The first-order valence-electron chi connectivity index (χ1n) is 7.95. The fourth-order valence-corrected chi connectivity index (χ4v) is 3.21. The summed E-state index contributed by atoms with van der Waals surface area (Å²) in [4.78, 5) is 19.0. The van der Waals surface area contributed by atoms with Crippen LogP contribution in [0.4, 0.5) is 0 Å². The Morgan fingerprint density at radius 3 is 2.91 bits per heavy atom. The molecule has 1 aliphatic rings. The molecule has 3 rings (SSSR count). The predicted octanol–water partition coefficient (Wildman–Crippen LogP) is 2.82. The summed E-state index contributed by atoms with van der Waals surface area (Å²) in [5.74, 6) is 0.682. The SMILES string of the molecule is Cc1ccc(C[C@H]2CCCN(C(=O)c3cccn3C)C2)cn1. The van der Waals surface area contributed by atoms with Crippen molar-refractivity contribution in [2.24, 2.45) is 13.0 Å². The summed E-state index contributed by atoms with van der Waals surface area (Å²) in [6, 6.07) is 8.04. The van der Waals surface area contributed by atoms with Gasteiger partial charge in [0.25, 0.3) is 5.91 Å². The number of nitrogens with zero attached hydrogens (tertiary/aromatic N) is 3. The Hall–Kier alpha value is -2.10. The topological polar surface area (TPSA) is 38.1 Å². The number of piperidine rings is 1. The summed E-state index contributed by atoms with van der Waals surface area (Å²) >= 11 is 0.